The number of aromatic carboxylic acids is 1. The highest BCUT2D eigenvalue weighted by Gasteiger charge is 2.18. The van der Waals surface area contributed by atoms with Crippen LogP contribution in [0.5, 0.6) is 0 Å². The molecule has 0 atom stereocenters. The predicted octanol–water partition coefficient (Wildman–Crippen LogP) is 2.62. The number of carboxylic acid groups (broad SMARTS) is 1. The van der Waals surface area contributed by atoms with Crippen LogP contribution in [0.15, 0.2) is 35.3 Å². The van der Waals surface area contributed by atoms with Crippen molar-refractivity contribution >= 4 is 5.97 Å². The Morgan fingerprint density at radius 1 is 1.38 bits per heavy atom. The Morgan fingerprint density at radius 3 is 2.67 bits per heavy atom. The summed E-state index contributed by atoms with van der Waals surface area (Å²) in [6.45, 7) is 5.75. The van der Waals surface area contributed by atoms with Gasteiger partial charge in [-0.2, -0.15) is 5.10 Å². The van der Waals surface area contributed by atoms with E-state index in [1.807, 2.05) is 45.0 Å². The lowest BCUT2D eigenvalue weighted by molar-refractivity contribution is 0.0686. The lowest BCUT2D eigenvalue weighted by Gasteiger charge is -2.12. The van der Waals surface area contributed by atoms with Gasteiger partial charge in [-0.1, -0.05) is 32.9 Å². The summed E-state index contributed by atoms with van der Waals surface area (Å²) in [5.74, 6) is -1.37. The second-order valence-corrected chi connectivity index (χ2v) is 5.19. The highest BCUT2D eigenvalue weighted by molar-refractivity contribution is 5.85. The molecule has 0 aliphatic carbocycles. The molecule has 0 bridgehead atoms. The number of nitrogens with zero attached hydrogens (tertiary/aromatic N) is 2. The van der Waals surface area contributed by atoms with Gasteiger partial charge in [-0.3, -0.25) is 4.79 Å². The third-order valence-corrected chi connectivity index (χ3v) is 3.35. The van der Waals surface area contributed by atoms with Crippen molar-refractivity contribution in [2.45, 2.75) is 33.1 Å². The van der Waals surface area contributed by atoms with E-state index in [1.165, 1.54) is 4.68 Å². The summed E-state index contributed by atoms with van der Waals surface area (Å²) in [6, 6.07) is 7.66. The van der Waals surface area contributed by atoms with E-state index in [-0.39, 0.29) is 5.92 Å². The topological polar surface area (TPSA) is 72.2 Å². The Balaban J connectivity index is 2.68. The van der Waals surface area contributed by atoms with E-state index in [0.717, 1.165) is 17.7 Å². The Kier molecular flexibility index (Phi) is 4.21. The van der Waals surface area contributed by atoms with Gasteiger partial charge in [0.15, 0.2) is 0 Å². The molecule has 21 heavy (non-hydrogen) atoms. The van der Waals surface area contributed by atoms with Gasteiger partial charge in [0, 0.05) is 11.8 Å². The third kappa shape index (κ3) is 3.02. The molecule has 0 aliphatic rings. The molecule has 0 saturated heterocycles. The zero-order valence-corrected chi connectivity index (χ0v) is 12.3. The quantitative estimate of drug-likeness (QED) is 0.937. The molecule has 1 heterocycles. The summed E-state index contributed by atoms with van der Waals surface area (Å²) in [6.07, 6.45) is 2.49. The molecule has 0 radical (unpaired) electrons. The second-order valence-electron chi connectivity index (χ2n) is 5.19. The van der Waals surface area contributed by atoms with Crippen LogP contribution in [-0.4, -0.2) is 20.9 Å². The zero-order valence-electron chi connectivity index (χ0n) is 12.3. The number of benzene rings is 1. The largest absolute Gasteiger partial charge is 0.476 e. The first-order valence-electron chi connectivity index (χ1n) is 6.90. The first-order chi connectivity index (χ1) is 9.93. The average Bonchev–Trinajstić information content (AvgIpc) is 2.46. The molecule has 0 amide bonds. The van der Waals surface area contributed by atoms with Gasteiger partial charge >= 0.3 is 5.97 Å². The Morgan fingerprint density at radius 2 is 2.10 bits per heavy atom. The van der Waals surface area contributed by atoms with E-state index in [9.17, 15) is 9.59 Å². The lowest BCUT2D eigenvalue weighted by Crippen LogP contribution is -2.25. The fraction of sp³-hybridized carbons (Fsp3) is 0.312. The van der Waals surface area contributed by atoms with Crippen LogP contribution in [0.4, 0.5) is 0 Å². The number of carboxylic acids is 1. The predicted molar refractivity (Wildman–Crippen MR) is 80.3 cm³/mol. The van der Waals surface area contributed by atoms with Gasteiger partial charge in [0.05, 0.1) is 5.69 Å². The summed E-state index contributed by atoms with van der Waals surface area (Å²) in [7, 11) is 0. The summed E-state index contributed by atoms with van der Waals surface area (Å²) in [4.78, 5) is 23.3. The maximum absolute atomic E-state index is 12.1. The molecule has 1 N–H and O–H groups in total. The van der Waals surface area contributed by atoms with Crippen molar-refractivity contribution in [3.05, 3.63) is 57.5 Å². The van der Waals surface area contributed by atoms with Gasteiger partial charge in [0.25, 0.3) is 0 Å². The van der Waals surface area contributed by atoms with E-state index >= 15 is 0 Å². The lowest BCUT2D eigenvalue weighted by atomic mass is 10.0. The molecular formula is C16H18N2O3. The van der Waals surface area contributed by atoms with Crippen molar-refractivity contribution in [1.82, 2.24) is 9.78 Å². The molecule has 5 heteroatoms. The van der Waals surface area contributed by atoms with Crippen molar-refractivity contribution < 1.29 is 9.90 Å². The van der Waals surface area contributed by atoms with Crippen molar-refractivity contribution in [1.29, 1.82) is 0 Å². The van der Waals surface area contributed by atoms with Crippen LogP contribution in [0.2, 0.25) is 0 Å². The standard InChI is InChI=1S/C16H18N2O3/c1-4-11-6-5-7-12(8-11)18-9-13(10(2)3)15(19)14(17-18)16(20)21/h5-10H,4H2,1-3H3,(H,20,21). The van der Waals surface area contributed by atoms with Crippen molar-refractivity contribution in [2.75, 3.05) is 0 Å². The van der Waals surface area contributed by atoms with Crippen LogP contribution in [0.1, 0.15) is 48.3 Å². The van der Waals surface area contributed by atoms with E-state index in [1.54, 1.807) is 6.20 Å². The van der Waals surface area contributed by atoms with Crippen LogP contribution in [0, 0.1) is 0 Å². The van der Waals surface area contributed by atoms with Crippen LogP contribution in [0.3, 0.4) is 0 Å². The molecule has 0 saturated carbocycles. The highest BCUT2D eigenvalue weighted by atomic mass is 16.4. The van der Waals surface area contributed by atoms with Gasteiger partial charge in [0.2, 0.25) is 11.1 Å². The molecule has 110 valence electrons. The zero-order chi connectivity index (χ0) is 15.6. The molecule has 0 unspecified atom stereocenters. The Hall–Kier alpha value is -2.43. The summed E-state index contributed by atoms with van der Waals surface area (Å²) < 4.78 is 1.47. The average molecular weight is 286 g/mol. The first kappa shape index (κ1) is 15.0. The van der Waals surface area contributed by atoms with Gasteiger partial charge < -0.3 is 5.11 Å². The van der Waals surface area contributed by atoms with Gasteiger partial charge in [-0.25, -0.2) is 9.48 Å². The van der Waals surface area contributed by atoms with Crippen molar-refractivity contribution in [3.63, 3.8) is 0 Å². The third-order valence-electron chi connectivity index (χ3n) is 3.35. The second kappa shape index (κ2) is 5.91. The molecule has 0 aliphatic heterocycles. The van der Waals surface area contributed by atoms with Crippen LogP contribution < -0.4 is 5.43 Å². The van der Waals surface area contributed by atoms with Crippen LogP contribution >= 0.6 is 0 Å². The van der Waals surface area contributed by atoms with Gasteiger partial charge in [0.1, 0.15) is 0 Å². The number of carbonyl (C=O) groups is 1. The van der Waals surface area contributed by atoms with E-state index in [0.29, 0.717) is 5.56 Å². The minimum Gasteiger partial charge on any atom is -0.476 e. The fourth-order valence-corrected chi connectivity index (χ4v) is 2.11. The fourth-order valence-electron chi connectivity index (χ4n) is 2.11. The maximum Gasteiger partial charge on any atom is 0.360 e. The normalized spacial score (nSPS) is 10.9. The summed E-state index contributed by atoms with van der Waals surface area (Å²) in [5, 5.41) is 13.1. The van der Waals surface area contributed by atoms with Gasteiger partial charge in [-0.15, -0.1) is 0 Å². The van der Waals surface area contributed by atoms with E-state index in [4.69, 9.17) is 5.11 Å². The summed E-state index contributed by atoms with van der Waals surface area (Å²) in [5.41, 5.74) is 1.36. The molecule has 2 rings (SSSR count). The van der Waals surface area contributed by atoms with Crippen LogP contribution in [-0.2, 0) is 6.42 Å². The highest BCUT2D eigenvalue weighted by Crippen LogP contribution is 2.14. The number of hydrogen-bond donors (Lipinski definition) is 1. The number of aromatic nitrogens is 2. The van der Waals surface area contributed by atoms with E-state index in [2.05, 4.69) is 5.10 Å². The Labute approximate surface area is 122 Å². The summed E-state index contributed by atoms with van der Waals surface area (Å²) >= 11 is 0. The minimum absolute atomic E-state index is 0.0702. The molecular weight excluding hydrogens is 268 g/mol. The SMILES string of the molecule is CCc1cccc(-n2cc(C(C)C)c(=O)c(C(=O)O)n2)c1. The maximum atomic E-state index is 12.1. The molecule has 0 fully saturated rings. The van der Waals surface area contributed by atoms with Crippen molar-refractivity contribution in [2.24, 2.45) is 0 Å². The molecule has 1 aromatic carbocycles. The Bertz CT molecular complexity index is 733. The number of aryl methyl sites for hydroxylation is 1. The smallest absolute Gasteiger partial charge is 0.360 e. The van der Waals surface area contributed by atoms with E-state index < -0.39 is 17.1 Å². The molecule has 1 aromatic heterocycles. The van der Waals surface area contributed by atoms with Crippen molar-refractivity contribution in [3.8, 4) is 5.69 Å². The van der Waals surface area contributed by atoms with Gasteiger partial charge in [-0.05, 0) is 30.0 Å². The monoisotopic (exact) mass is 286 g/mol. The number of hydrogen-bond acceptors (Lipinski definition) is 3. The molecule has 0 spiro atoms. The van der Waals surface area contributed by atoms with Crippen LogP contribution in [0.25, 0.3) is 5.69 Å². The molecule has 5 nitrogen and oxygen atoms in total. The minimum atomic E-state index is -1.30. The number of rotatable bonds is 4. The molecule has 2 aromatic rings. The first-order valence-corrected chi connectivity index (χ1v) is 6.90.